The van der Waals surface area contributed by atoms with Gasteiger partial charge in [0.15, 0.2) is 0 Å². The van der Waals surface area contributed by atoms with Crippen molar-refractivity contribution < 1.29 is 11.6 Å². The largest absolute Gasteiger partial charge is 0.457 e. The summed E-state index contributed by atoms with van der Waals surface area (Å²) >= 11 is 0. The van der Waals surface area contributed by atoms with E-state index in [1.807, 2.05) is 59.8 Å². The van der Waals surface area contributed by atoms with Gasteiger partial charge in [0.1, 0.15) is 17.3 Å². The molecule has 6 heteroatoms. The zero-order valence-corrected chi connectivity index (χ0v) is 30.4. The molecular weight excluding hydrogens is 675 g/mol. The molecule has 0 spiro atoms. The molecule has 6 nitrogen and oxygen atoms in total. The van der Waals surface area contributed by atoms with E-state index < -0.39 is 6.04 Å². The summed E-state index contributed by atoms with van der Waals surface area (Å²) in [5.41, 5.74) is 8.26. The molecule has 1 aliphatic heterocycles. The second-order valence-corrected chi connectivity index (χ2v) is 14.2. The Labute approximate surface area is 327 Å². The van der Waals surface area contributed by atoms with Crippen LogP contribution in [-0.2, 0) is 5.41 Å². The van der Waals surface area contributed by atoms with Gasteiger partial charge >= 0.3 is 0 Å². The predicted octanol–water partition coefficient (Wildman–Crippen LogP) is 12.0. The van der Waals surface area contributed by atoms with Gasteiger partial charge in [0.25, 0.3) is 0 Å². The molecule has 0 radical (unpaired) electrons. The third-order valence-corrected chi connectivity index (χ3v) is 10.6. The first-order valence-corrected chi connectivity index (χ1v) is 18.3. The van der Waals surface area contributed by atoms with Gasteiger partial charge in [-0.25, -0.2) is 4.98 Å². The Bertz CT molecular complexity index is 3130. The first-order chi connectivity index (χ1) is 29.1. The Morgan fingerprint density at radius 3 is 2.05 bits per heavy atom. The first-order valence-electron chi connectivity index (χ1n) is 20.8. The van der Waals surface area contributed by atoms with Crippen molar-refractivity contribution in [1.82, 2.24) is 14.1 Å². The molecular formula is C49H39N5O. The zero-order chi connectivity index (χ0) is 41.3. The molecule has 0 amide bonds. The smallest absolute Gasteiger partial charge is 0.137 e. The van der Waals surface area contributed by atoms with Gasteiger partial charge in [-0.15, -0.1) is 0 Å². The van der Waals surface area contributed by atoms with Gasteiger partial charge in [0.05, 0.1) is 35.6 Å². The highest BCUT2D eigenvalue weighted by Crippen LogP contribution is 2.43. The van der Waals surface area contributed by atoms with Crippen LogP contribution in [0.25, 0.3) is 44.3 Å². The third kappa shape index (κ3) is 5.62. The quantitative estimate of drug-likeness (QED) is 0.157. The van der Waals surface area contributed by atoms with Crippen LogP contribution in [0, 0.1) is 0 Å². The number of benzene rings is 6. The van der Waals surface area contributed by atoms with E-state index in [-0.39, 0.29) is 41.9 Å². The maximum atomic E-state index is 8.46. The summed E-state index contributed by atoms with van der Waals surface area (Å²) in [6.45, 7) is 4.75. The van der Waals surface area contributed by atoms with Crippen molar-refractivity contribution in [3.63, 3.8) is 0 Å². The topological polar surface area (TPSA) is 38.5 Å². The fourth-order valence-corrected chi connectivity index (χ4v) is 7.79. The molecule has 0 saturated heterocycles. The van der Waals surface area contributed by atoms with Crippen LogP contribution in [0.3, 0.4) is 0 Å². The zero-order valence-electron chi connectivity index (χ0n) is 35.4. The molecule has 1 aliphatic rings. The van der Waals surface area contributed by atoms with Crippen molar-refractivity contribution in [2.45, 2.75) is 19.3 Å². The van der Waals surface area contributed by atoms with Crippen LogP contribution >= 0.6 is 0 Å². The Morgan fingerprint density at radius 2 is 1.24 bits per heavy atom. The van der Waals surface area contributed by atoms with Gasteiger partial charge in [-0.05, 0) is 77.8 Å². The van der Waals surface area contributed by atoms with E-state index in [2.05, 4.69) is 120 Å². The standard InChI is InChI=1S/C49H39N5O/c1-49(2,35-15-6-3-7-16-35)36-27-28-50-46(31-36)54-45-33-41(55-40-22-14-21-39(32-40)52-30-29-51(34-52)37-17-8-4-9-18-37)25-26-43(45)47-48(54)42-23-12-13-24-44(42)53(47)38-19-10-5-11-20-38/h3-33H,34H2,1-2H3/i4D,8D,9D,17D,18D. The summed E-state index contributed by atoms with van der Waals surface area (Å²) in [4.78, 5) is 8.65. The van der Waals surface area contributed by atoms with Gasteiger partial charge < -0.3 is 19.1 Å². The lowest BCUT2D eigenvalue weighted by atomic mass is 9.78. The molecule has 4 heterocycles. The Kier molecular flexibility index (Phi) is 6.57. The summed E-state index contributed by atoms with van der Waals surface area (Å²) < 4.78 is 52.4. The van der Waals surface area contributed by atoms with Crippen molar-refractivity contribution in [3.05, 3.63) is 199 Å². The lowest BCUT2D eigenvalue weighted by Gasteiger charge is -2.26. The van der Waals surface area contributed by atoms with E-state index in [0.29, 0.717) is 11.5 Å². The minimum atomic E-state index is -0.413. The maximum Gasteiger partial charge on any atom is 0.137 e. The van der Waals surface area contributed by atoms with Crippen molar-refractivity contribution in [3.8, 4) is 23.0 Å². The maximum absolute atomic E-state index is 8.46. The van der Waals surface area contributed by atoms with E-state index in [1.165, 1.54) is 5.56 Å². The van der Waals surface area contributed by atoms with Crippen LogP contribution in [-0.4, -0.2) is 20.8 Å². The number of para-hydroxylation sites is 3. The van der Waals surface area contributed by atoms with Crippen molar-refractivity contribution in [1.29, 1.82) is 0 Å². The second kappa shape index (κ2) is 13.1. The molecule has 55 heavy (non-hydrogen) atoms. The lowest BCUT2D eigenvalue weighted by Crippen LogP contribution is -2.24. The van der Waals surface area contributed by atoms with Gasteiger partial charge in [0, 0.05) is 64.0 Å². The van der Waals surface area contributed by atoms with Gasteiger partial charge in [0.2, 0.25) is 0 Å². The number of pyridine rings is 1. The Morgan fingerprint density at radius 1 is 0.564 bits per heavy atom. The highest BCUT2D eigenvalue weighted by atomic mass is 16.5. The fourth-order valence-electron chi connectivity index (χ4n) is 7.79. The molecule has 0 N–H and O–H groups in total. The molecule has 266 valence electrons. The molecule has 0 aliphatic carbocycles. The van der Waals surface area contributed by atoms with Gasteiger partial charge in [-0.1, -0.05) is 105 Å². The normalized spacial score (nSPS) is 14.3. The van der Waals surface area contributed by atoms with E-state index >= 15 is 0 Å². The number of hydrogen-bond acceptors (Lipinski definition) is 4. The number of anilines is 2. The average Bonchev–Trinajstić information content (AvgIpc) is 3.99. The number of nitrogens with zero attached hydrogens (tertiary/aromatic N) is 5. The monoisotopic (exact) mass is 718 g/mol. The van der Waals surface area contributed by atoms with Crippen LogP contribution in [0.4, 0.5) is 11.4 Å². The van der Waals surface area contributed by atoms with Crippen LogP contribution in [0.15, 0.2) is 188 Å². The number of aromatic nitrogens is 3. The molecule has 6 aromatic carbocycles. The van der Waals surface area contributed by atoms with Gasteiger partial charge in [-0.2, -0.15) is 0 Å². The van der Waals surface area contributed by atoms with Crippen molar-refractivity contribution in [2.24, 2.45) is 0 Å². The summed E-state index contributed by atoms with van der Waals surface area (Å²) in [6.07, 6.45) is 5.46. The second-order valence-electron chi connectivity index (χ2n) is 14.2. The summed E-state index contributed by atoms with van der Waals surface area (Å²) in [6, 6.07) is 46.1. The number of fused-ring (bicyclic) bond motifs is 5. The molecule has 3 aromatic heterocycles. The van der Waals surface area contributed by atoms with Gasteiger partial charge in [-0.3, -0.25) is 4.57 Å². The fraction of sp³-hybridized carbons (Fsp3) is 0.0816. The first kappa shape index (κ1) is 27.5. The highest BCUT2D eigenvalue weighted by Gasteiger charge is 2.27. The molecule has 0 bridgehead atoms. The number of hydrogen-bond donors (Lipinski definition) is 0. The van der Waals surface area contributed by atoms with E-state index in [1.54, 1.807) is 11.1 Å². The van der Waals surface area contributed by atoms with Crippen LogP contribution in [0.1, 0.15) is 31.8 Å². The van der Waals surface area contributed by atoms with Crippen LogP contribution < -0.4 is 14.5 Å². The minimum absolute atomic E-state index is 0.132. The third-order valence-electron chi connectivity index (χ3n) is 10.6. The highest BCUT2D eigenvalue weighted by molar-refractivity contribution is 6.20. The summed E-state index contributed by atoms with van der Waals surface area (Å²) in [7, 11) is 0. The molecule has 0 atom stereocenters. The van der Waals surface area contributed by atoms with E-state index in [0.717, 1.165) is 55.6 Å². The number of ether oxygens (including phenoxy) is 1. The molecule has 0 saturated carbocycles. The SMILES string of the molecule is [2H]c1c([2H])c([2H])c(N2C=CN(c3cccc(Oc4ccc5c(c4)n(-c4cc(C(C)(C)c6ccccc6)ccn4)c4c6ccccc6n(-c6ccccc6)c54)c3)C2)c([2H])c1[2H]. The summed E-state index contributed by atoms with van der Waals surface area (Å²) in [5, 5.41) is 2.16. The predicted molar refractivity (Wildman–Crippen MR) is 226 cm³/mol. The minimum Gasteiger partial charge on any atom is -0.457 e. The lowest BCUT2D eigenvalue weighted by molar-refractivity contribution is 0.483. The average molecular weight is 719 g/mol. The number of rotatable bonds is 8. The van der Waals surface area contributed by atoms with Crippen molar-refractivity contribution >= 4 is 44.2 Å². The van der Waals surface area contributed by atoms with Crippen LogP contribution in [0.2, 0.25) is 0 Å². The van der Waals surface area contributed by atoms with E-state index in [9.17, 15) is 0 Å². The Hall–Kier alpha value is -7.05. The Balaban J connectivity index is 1.08. The van der Waals surface area contributed by atoms with E-state index in [4.69, 9.17) is 16.6 Å². The summed E-state index contributed by atoms with van der Waals surface area (Å²) in [5.74, 6) is 2.07. The van der Waals surface area contributed by atoms with Crippen molar-refractivity contribution in [2.75, 3.05) is 16.5 Å². The molecule has 0 fully saturated rings. The van der Waals surface area contributed by atoms with Crippen LogP contribution in [0.5, 0.6) is 11.5 Å². The molecule has 10 rings (SSSR count). The molecule has 9 aromatic rings. The molecule has 0 unspecified atom stereocenters.